The molecule has 2 saturated heterocycles. The minimum absolute atomic E-state index is 0.0274. The second-order valence-electron chi connectivity index (χ2n) is 8.52. The van der Waals surface area contributed by atoms with E-state index in [-0.39, 0.29) is 17.9 Å². The standard InChI is InChI=1S/C23H23Cl2N5O3/c24-16-4-3-15-18(29-11-7-26-13-29)12-19(27-21(15)20(16)25)30-8-1-2-17(30)22(31)28-9-5-14(6-10-28)23(32)33/h3-4,7,11-14,17H,1-2,5-6,8-10H2,(H,32,33)/t17-/m0/s1. The Bertz CT molecular complexity index is 1210. The third kappa shape index (κ3) is 4.02. The van der Waals surface area contributed by atoms with Gasteiger partial charge in [0.25, 0.3) is 0 Å². The van der Waals surface area contributed by atoms with E-state index in [0.717, 1.165) is 23.9 Å². The van der Waals surface area contributed by atoms with Crippen LogP contribution in [-0.2, 0) is 9.59 Å². The van der Waals surface area contributed by atoms with Gasteiger partial charge in [0.2, 0.25) is 5.91 Å². The fourth-order valence-corrected chi connectivity index (χ4v) is 5.18. The topological polar surface area (TPSA) is 91.6 Å². The van der Waals surface area contributed by atoms with Crippen LogP contribution in [0.25, 0.3) is 16.6 Å². The van der Waals surface area contributed by atoms with E-state index in [0.29, 0.717) is 53.9 Å². The Hall–Kier alpha value is -2.84. The number of carboxylic acid groups (broad SMARTS) is 1. The van der Waals surface area contributed by atoms with Crippen LogP contribution in [-0.4, -0.2) is 62.1 Å². The summed E-state index contributed by atoms with van der Waals surface area (Å²) in [4.78, 5) is 37.5. The zero-order valence-electron chi connectivity index (χ0n) is 17.8. The van der Waals surface area contributed by atoms with Gasteiger partial charge in [-0.2, -0.15) is 0 Å². The van der Waals surface area contributed by atoms with Crippen molar-refractivity contribution in [1.82, 2.24) is 19.4 Å². The van der Waals surface area contributed by atoms with Crippen molar-refractivity contribution >= 4 is 51.8 Å². The van der Waals surface area contributed by atoms with E-state index < -0.39 is 5.97 Å². The maximum Gasteiger partial charge on any atom is 0.306 e. The van der Waals surface area contributed by atoms with Crippen LogP contribution in [0.3, 0.4) is 0 Å². The van der Waals surface area contributed by atoms with Crippen molar-refractivity contribution in [2.24, 2.45) is 5.92 Å². The van der Waals surface area contributed by atoms with Crippen molar-refractivity contribution in [3.05, 3.63) is 47.0 Å². The predicted octanol–water partition coefficient (Wildman–Crippen LogP) is 4.02. The number of amides is 1. The van der Waals surface area contributed by atoms with E-state index in [4.69, 9.17) is 28.2 Å². The van der Waals surface area contributed by atoms with Crippen LogP contribution in [0.4, 0.5) is 5.82 Å². The van der Waals surface area contributed by atoms with Crippen molar-refractivity contribution in [3.8, 4) is 5.69 Å². The van der Waals surface area contributed by atoms with Gasteiger partial charge in [-0.05, 0) is 37.8 Å². The smallest absolute Gasteiger partial charge is 0.306 e. The molecule has 33 heavy (non-hydrogen) atoms. The summed E-state index contributed by atoms with van der Waals surface area (Å²) in [5.41, 5.74) is 1.43. The van der Waals surface area contributed by atoms with E-state index in [1.165, 1.54) is 0 Å². The zero-order valence-corrected chi connectivity index (χ0v) is 19.3. The third-order valence-corrected chi connectivity index (χ3v) is 7.40. The molecule has 0 bridgehead atoms. The molecule has 5 rings (SSSR count). The Labute approximate surface area is 200 Å². The summed E-state index contributed by atoms with van der Waals surface area (Å²) in [6.07, 6.45) is 7.82. The van der Waals surface area contributed by atoms with Crippen molar-refractivity contribution in [3.63, 3.8) is 0 Å². The first-order valence-corrected chi connectivity index (χ1v) is 11.7. The molecule has 1 aromatic carbocycles. The quantitative estimate of drug-likeness (QED) is 0.597. The van der Waals surface area contributed by atoms with Gasteiger partial charge in [0.1, 0.15) is 11.9 Å². The maximum absolute atomic E-state index is 13.4. The van der Waals surface area contributed by atoms with Crippen LogP contribution >= 0.6 is 23.2 Å². The molecule has 2 fully saturated rings. The third-order valence-electron chi connectivity index (χ3n) is 6.61. The molecule has 0 spiro atoms. The molecule has 172 valence electrons. The number of aliphatic carboxylic acids is 1. The van der Waals surface area contributed by atoms with Gasteiger partial charge in [-0.15, -0.1) is 0 Å². The molecule has 0 unspecified atom stereocenters. The lowest BCUT2D eigenvalue weighted by molar-refractivity contribution is -0.146. The number of carboxylic acids is 1. The fraction of sp³-hybridized carbons (Fsp3) is 0.391. The Morgan fingerprint density at radius 1 is 1.09 bits per heavy atom. The number of carbonyl (C=O) groups is 2. The summed E-state index contributed by atoms with van der Waals surface area (Å²) in [5.74, 6) is -0.473. The average molecular weight is 488 g/mol. The lowest BCUT2D eigenvalue weighted by Gasteiger charge is -2.35. The Kier molecular flexibility index (Phi) is 5.88. The number of piperidine rings is 1. The molecule has 0 aliphatic carbocycles. The summed E-state index contributed by atoms with van der Waals surface area (Å²) in [5, 5.41) is 10.9. The number of aromatic nitrogens is 3. The van der Waals surface area contributed by atoms with E-state index in [2.05, 4.69) is 4.98 Å². The highest BCUT2D eigenvalue weighted by Gasteiger charge is 2.37. The molecule has 0 saturated carbocycles. The fourth-order valence-electron chi connectivity index (χ4n) is 4.82. The van der Waals surface area contributed by atoms with E-state index in [1.54, 1.807) is 23.5 Å². The zero-order chi connectivity index (χ0) is 23.1. The van der Waals surface area contributed by atoms with Gasteiger partial charge in [0.15, 0.2) is 0 Å². The first-order valence-electron chi connectivity index (χ1n) is 11.0. The number of rotatable bonds is 4. The van der Waals surface area contributed by atoms with Crippen molar-refractivity contribution in [2.45, 2.75) is 31.7 Å². The molecule has 1 amide bonds. The summed E-state index contributed by atoms with van der Waals surface area (Å²) in [6.45, 7) is 1.63. The molecule has 10 heteroatoms. The number of benzene rings is 1. The number of hydrogen-bond acceptors (Lipinski definition) is 5. The van der Waals surface area contributed by atoms with Gasteiger partial charge in [0, 0.05) is 43.5 Å². The summed E-state index contributed by atoms with van der Waals surface area (Å²) in [6, 6.07) is 5.24. The van der Waals surface area contributed by atoms with Crippen LogP contribution in [0.2, 0.25) is 10.0 Å². The summed E-state index contributed by atoms with van der Waals surface area (Å²) in [7, 11) is 0. The van der Waals surface area contributed by atoms with Gasteiger partial charge in [-0.25, -0.2) is 9.97 Å². The van der Waals surface area contributed by atoms with Crippen molar-refractivity contribution in [1.29, 1.82) is 0 Å². The molecule has 8 nitrogen and oxygen atoms in total. The maximum atomic E-state index is 13.4. The number of imidazole rings is 1. The van der Waals surface area contributed by atoms with Gasteiger partial charge >= 0.3 is 5.97 Å². The molecule has 0 radical (unpaired) electrons. The van der Waals surface area contributed by atoms with Gasteiger partial charge in [0.05, 0.1) is 33.5 Å². The second-order valence-corrected chi connectivity index (χ2v) is 9.30. The summed E-state index contributed by atoms with van der Waals surface area (Å²) < 4.78 is 1.89. The molecule has 2 aliphatic heterocycles. The number of pyridine rings is 1. The lowest BCUT2D eigenvalue weighted by atomic mass is 9.96. The highest BCUT2D eigenvalue weighted by Crippen LogP contribution is 2.36. The molecule has 2 aliphatic rings. The molecule has 2 aromatic heterocycles. The summed E-state index contributed by atoms with van der Waals surface area (Å²) >= 11 is 12.8. The van der Waals surface area contributed by atoms with Gasteiger partial charge in [-0.3, -0.25) is 9.59 Å². The first-order chi connectivity index (χ1) is 15.9. The highest BCUT2D eigenvalue weighted by atomic mass is 35.5. The Morgan fingerprint density at radius 2 is 1.88 bits per heavy atom. The molecular formula is C23H23Cl2N5O3. The minimum Gasteiger partial charge on any atom is -0.481 e. The molecule has 4 heterocycles. The largest absolute Gasteiger partial charge is 0.481 e. The number of fused-ring (bicyclic) bond motifs is 1. The predicted molar refractivity (Wildman–Crippen MR) is 126 cm³/mol. The molecule has 1 atom stereocenters. The van der Waals surface area contributed by atoms with Crippen LogP contribution in [0.15, 0.2) is 36.9 Å². The molecular weight excluding hydrogens is 465 g/mol. The van der Waals surface area contributed by atoms with E-state index in [1.807, 2.05) is 27.8 Å². The number of halogens is 2. The number of hydrogen-bond donors (Lipinski definition) is 1. The van der Waals surface area contributed by atoms with E-state index >= 15 is 0 Å². The number of likely N-dealkylation sites (tertiary alicyclic amines) is 1. The lowest BCUT2D eigenvalue weighted by Crippen LogP contribution is -2.49. The normalized spacial score (nSPS) is 19.4. The van der Waals surface area contributed by atoms with E-state index in [9.17, 15) is 14.7 Å². The Balaban J connectivity index is 1.50. The van der Waals surface area contributed by atoms with Crippen molar-refractivity contribution < 1.29 is 14.7 Å². The Morgan fingerprint density at radius 3 is 2.58 bits per heavy atom. The van der Waals surface area contributed by atoms with Crippen LogP contribution in [0.5, 0.6) is 0 Å². The second kappa shape index (κ2) is 8.83. The monoisotopic (exact) mass is 487 g/mol. The van der Waals surface area contributed by atoms with Crippen molar-refractivity contribution in [2.75, 3.05) is 24.5 Å². The average Bonchev–Trinajstić information content (AvgIpc) is 3.53. The minimum atomic E-state index is -0.785. The van der Waals surface area contributed by atoms with Gasteiger partial charge in [-0.1, -0.05) is 23.2 Å². The van der Waals surface area contributed by atoms with Gasteiger partial charge < -0.3 is 19.5 Å². The highest BCUT2D eigenvalue weighted by molar-refractivity contribution is 6.45. The first kappa shape index (κ1) is 22.0. The van der Waals surface area contributed by atoms with Crippen LogP contribution in [0, 0.1) is 5.92 Å². The SMILES string of the molecule is O=C(O)C1CCN(C(=O)[C@@H]2CCCN2c2cc(-n3ccnc3)c3ccc(Cl)c(Cl)c3n2)CC1. The molecule has 1 N–H and O–H groups in total. The molecule has 3 aromatic rings. The number of nitrogens with zero attached hydrogens (tertiary/aromatic N) is 5. The van der Waals surface area contributed by atoms with Crippen LogP contribution in [0.1, 0.15) is 25.7 Å². The van der Waals surface area contributed by atoms with Crippen LogP contribution < -0.4 is 4.90 Å². The number of carbonyl (C=O) groups excluding carboxylic acids is 1. The number of anilines is 1.